The van der Waals surface area contributed by atoms with E-state index in [1.165, 1.54) is 6.07 Å². The molecule has 0 spiro atoms. The number of urea groups is 1. The zero-order valence-corrected chi connectivity index (χ0v) is 15.9. The van der Waals surface area contributed by atoms with Crippen molar-refractivity contribution in [3.63, 3.8) is 0 Å². The summed E-state index contributed by atoms with van der Waals surface area (Å²) in [5.41, 5.74) is -4.38. The highest BCUT2D eigenvalue weighted by molar-refractivity contribution is 6.30. The summed E-state index contributed by atoms with van der Waals surface area (Å²) in [5.74, 6) is -2.14. The molecule has 3 N–H and O–H groups in total. The van der Waals surface area contributed by atoms with Gasteiger partial charge >= 0.3 is 18.2 Å². The number of methoxy groups -OCH3 is 2. The maximum Gasteiger partial charge on any atom is 0.432 e. The van der Waals surface area contributed by atoms with Crippen LogP contribution in [0.3, 0.4) is 0 Å². The molecule has 2 aromatic rings. The lowest BCUT2D eigenvalue weighted by molar-refractivity contribution is -0.266. The summed E-state index contributed by atoms with van der Waals surface area (Å²) in [7, 11) is 1.86. The van der Waals surface area contributed by atoms with E-state index in [4.69, 9.17) is 16.3 Å². The van der Waals surface area contributed by atoms with E-state index >= 15 is 0 Å². The summed E-state index contributed by atoms with van der Waals surface area (Å²) in [6.07, 6.45) is -5.36. The van der Waals surface area contributed by atoms with E-state index in [1.807, 2.05) is 0 Å². The van der Waals surface area contributed by atoms with Crippen LogP contribution < -0.4 is 15.4 Å². The van der Waals surface area contributed by atoms with Gasteiger partial charge in [-0.3, -0.25) is 0 Å². The van der Waals surface area contributed by atoms with Crippen LogP contribution >= 0.6 is 11.6 Å². The van der Waals surface area contributed by atoms with Crippen molar-refractivity contribution in [2.75, 3.05) is 24.9 Å². The SMILES string of the molecule is COC(=O)[C@](O)(c1ccc(NC(=O)Nc2cccc(Cl)c2)c(OC)c1)C(F)(F)F. The number of carbonyl (C=O) groups is 2. The fraction of sp³-hybridized carbons (Fsp3) is 0.222. The van der Waals surface area contributed by atoms with Crippen LogP contribution in [0, 0.1) is 0 Å². The number of benzene rings is 2. The van der Waals surface area contributed by atoms with Crippen LogP contribution in [0.2, 0.25) is 5.02 Å². The summed E-state index contributed by atoms with van der Waals surface area (Å²) >= 11 is 5.83. The number of ether oxygens (including phenoxy) is 2. The molecule has 0 radical (unpaired) electrons. The number of carbonyl (C=O) groups excluding carboxylic acids is 2. The minimum Gasteiger partial charge on any atom is -0.495 e. The van der Waals surface area contributed by atoms with Crippen LogP contribution in [-0.4, -0.2) is 37.5 Å². The molecule has 29 heavy (non-hydrogen) atoms. The molecule has 7 nitrogen and oxygen atoms in total. The van der Waals surface area contributed by atoms with E-state index in [2.05, 4.69) is 15.4 Å². The number of alkyl halides is 3. The van der Waals surface area contributed by atoms with Gasteiger partial charge in [0.25, 0.3) is 5.60 Å². The molecule has 2 rings (SSSR count). The third-order valence-electron chi connectivity index (χ3n) is 3.84. The summed E-state index contributed by atoms with van der Waals surface area (Å²) in [4.78, 5) is 23.8. The van der Waals surface area contributed by atoms with E-state index in [0.717, 1.165) is 25.3 Å². The Morgan fingerprint density at radius 2 is 1.76 bits per heavy atom. The highest BCUT2D eigenvalue weighted by Gasteiger charge is 2.62. The number of rotatable bonds is 5. The van der Waals surface area contributed by atoms with Crippen molar-refractivity contribution in [1.29, 1.82) is 0 Å². The molecular formula is C18H16ClF3N2O5. The number of hydrogen-bond donors (Lipinski definition) is 3. The Morgan fingerprint density at radius 1 is 1.07 bits per heavy atom. The molecule has 2 amide bonds. The second-order valence-corrected chi connectivity index (χ2v) is 6.14. The van der Waals surface area contributed by atoms with Gasteiger partial charge in [0.05, 0.1) is 19.9 Å². The Labute approximate surface area is 168 Å². The molecule has 11 heteroatoms. The molecule has 0 aliphatic rings. The Hall–Kier alpha value is -2.98. The number of halogens is 4. The van der Waals surface area contributed by atoms with Gasteiger partial charge in [0.2, 0.25) is 0 Å². The molecule has 0 aliphatic carbocycles. The van der Waals surface area contributed by atoms with Gasteiger partial charge in [0, 0.05) is 16.3 Å². The molecule has 0 saturated heterocycles. The van der Waals surface area contributed by atoms with E-state index < -0.39 is 29.3 Å². The largest absolute Gasteiger partial charge is 0.495 e. The van der Waals surface area contributed by atoms with Crippen LogP contribution in [0.25, 0.3) is 0 Å². The lowest BCUT2D eigenvalue weighted by atomic mass is 9.92. The minimum atomic E-state index is -5.36. The van der Waals surface area contributed by atoms with Gasteiger partial charge in [-0.1, -0.05) is 23.7 Å². The molecule has 0 aliphatic heterocycles. The maximum absolute atomic E-state index is 13.4. The first-order valence-electron chi connectivity index (χ1n) is 7.92. The van der Waals surface area contributed by atoms with Crippen LogP contribution in [0.5, 0.6) is 5.75 Å². The van der Waals surface area contributed by atoms with Gasteiger partial charge in [-0.25, -0.2) is 9.59 Å². The number of nitrogens with one attached hydrogen (secondary N) is 2. The van der Waals surface area contributed by atoms with Crippen molar-refractivity contribution in [3.8, 4) is 5.75 Å². The van der Waals surface area contributed by atoms with Crippen LogP contribution in [0.15, 0.2) is 42.5 Å². The van der Waals surface area contributed by atoms with Crippen molar-refractivity contribution >= 4 is 35.0 Å². The fourth-order valence-corrected chi connectivity index (χ4v) is 2.61. The summed E-state index contributed by atoms with van der Waals surface area (Å²) in [6.45, 7) is 0. The second kappa shape index (κ2) is 8.58. The fourth-order valence-electron chi connectivity index (χ4n) is 2.42. The van der Waals surface area contributed by atoms with Crippen molar-refractivity contribution in [3.05, 3.63) is 53.1 Å². The molecule has 0 aromatic heterocycles. The van der Waals surface area contributed by atoms with Gasteiger partial charge in [-0.15, -0.1) is 0 Å². The molecule has 2 aromatic carbocycles. The van der Waals surface area contributed by atoms with E-state index in [1.54, 1.807) is 18.2 Å². The lowest BCUT2D eigenvalue weighted by Gasteiger charge is -2.28. The van der Waals surface area contributed by atoms with Gasteiger partial charge in [-0.05, 0) is 30.3 Å². The molecular weight excluding hydrogens is 417 g/mol. The van der Waals surface area contributed by atoms with Crippen molar-refractivity contribution in [1.82, 2.24) is 0 Å². The number of amides is 2. The topological polar surface area (TPSA) is 96.9 Å². The molecule has 0 bridgehead atoms. The molecule has 0 saturated carbocycles. The predicted octanol–water partition coefficient (Wildman–Crippen LogP) is 3.92. The highest BCUT2D eigenvalue weighted by atomic mass is 35.5. The average Bonchev–Trinajstić information content (AvgIpc) is 2.66. The Balaban J connectivity index is 2.32. The minimum absolute atomic E-state index is 0.00910. The number of aliphatic hydroxyl groups is 1. The van der Waals surface area contributed by atoms with E-state index in [0.29, 0.717) is 17.8 Å². The van der Waals surface area contributed by atoms with Crippen molar-refractivity contribution in [2.45, 2.75) is 11.8 Å². The molecule has 0 heterocycles. The molecule has 0 fully saturated rings. The standard InChI is InChI=1S/C18H16ClF3N2O5/c1-28-14-8-10(17(27,15(25)29-2)18(20,21)22)6-7-13(14)24-16(26)23-12-5-3-4-11(19)9-12/h3-9,27H,1-2H3,(H2,23,24,26)/t17-/m1/s1. The summed E-state index contributed by atoms with van der Waals surface area (Å²) in [6, 6.07) is 8.20. The van der Waals surface area contributed by atoms with E-state index in [9.17, 15) is 27.9 Å². The molecule has 1 atom stereocenters. The third-order valence-corrected chi connectivity index (χ3v) is 4.08. The van der Waals surface area contributed by atoms with Gasteiger partial charge < -0.3 is 25.2 Å². The molecule has 156 valence electrons. The quantitative estimate of drug-likeness (QED) is 0.622. The van der Waals surface area contributed by atoms with Crippen LogP contribution in [-0.2, 0) is 15.1 Å². The number of anilines is 2. The lowest BCUT2D eigenvalue weighted by Crippen LogP contribution is -2.49. The van der Waals surface area contributed by atoms with Gasteiger partial charge in [0.15, 0.2) is 0 Å². The Bertz CT molecular complexity index is 923. The van der Waals surface area contributed by atoms with Crippen LogP contribution in [0.4, 0.5) is 29.3 Å². The molecule has 0 unspecified atom stereocenters. The number of esters is 1. The summed E-state index contributed by atoms with van der Waals surface area (Å²) < 4.78 is 49.2. The first-order valence-corrected chi connectivity index (χ1v) is 8.30. The summed E-state index contributed by atoms with van der Waals surface area (Å²) in [5, 5.41) is 15.3. The van der Waals surface area contributed by atoms with Crippen molar-refractivity contribution in [2.24, 2.45) is 0 Å². The Morgan fingerprint density at radius 3 is 2.31 bits per heavy atom. The second-order valence-electron chi connectivity index (χ2n) is 5.70. The zero-order chi connectivity index (χ0) is 21.8. The predicted molar refractivity (Wildman–Crippen MR) is 99.1 cm³/mol. The Kier molecular flexibility index (Phi) is 6.60. The third kappa shape index (κ3) is 4.72. The smallest absolute Gasteiger partial charge is 0.432 e. The normalized spacial score (nSPS) is 13.2. The van der Waals surface area contributed by atoms with Gasteiger partial charge in [-0.2, -0.15) is 13.2 Å². The zero-order valence-electron chi connectivity index (χ0n) is 15.1. The van der Waals surface area contributed by atoms with Gasteiger partial charge in [0.1, 0.15) is 5.75 Å². The number of hydrogen-bond acceptors (Lipinski definition) is 5. The average molecular weight is 433 g/mol. The van der Waals surface area contributed by atoms with E-state index in [-0.39, 0.29) is 11.4 Å². The van der Waals surface area contributed by atoms with Crippen LogP contribution in [0.1, 0.15) is 5.56 Å². The highest BCUT2D eigenvalue weighted by Crippen LogP contribution is 2.42. The first-order chi connectivity index (χ1) is 13.5. The first kappa shape index (κ1) is 22.3. The monoisotopic (exact) mass is 432 g/mol. The van der Waals surface area contributed by atoms with Crippen molar-refractivity contribution < 1.29 is 37.3 Å². The maximum atomic E-state index is 13.4.